The Morgan fingerprint density at radius 1 is 1.63 bits per heavy atom. The summed E-state index contributed by atoms with van der Waals surface area (Å²) in [5, 5.41) is 2.56. The molecule has 1 aromatic heterocycles. The number of aromatic nitrogens is 2. The molecule has 102 valence electrons. The molecule has 2 rings (SSSR count). The lowest BCUT2D eigenvalue weighted by molar-refractivity contribution is -0.123. The minimum Gasteiger partial charge on any atom is -0.357 e. The van der Waals surface area contributed by atoms with Crippen molar-refractivity contribution in [1.82, 2.24) is 14.9 Å². The predicted octanol–water partition coefficient (Wildman–Crippen LogP) is 2.98. The summed E-state index contributed by atoms with van der Waals surface area (Å²) in [6.45, 7) is 1.72. The molecule has 0 spiro atoms. The summed E-state index contributed by atoms with van der Waals surface area (Å²) in [6, 6.07) is 2.42. The topological polar surface area (TPSA) is 46.9 Å². The number of hydrogen-bond donors (Lipinski definition) is 1. The van der Waals surface area contributed by atoms with Crippen molar-refractivity contribution in [2.45, 2.75) is 18.8 Å². The number of likely N-dealkylation sites (N-methyl/N-ethyl adjacent to an activating group) is 1. The van der Waals surface area contributed by atoms with Crippen LogP contribution in [0.3, 0.4) is 0 Å². The Balaban J connectivity index is 2.70. The summed E-state index contributed by atoms with van der Waals surface area (Å²) in [6.07, 6.45) is 0. The van der Waals surface area contributed by atoms with Gasteiger partial charge in [-0.15, -0.1) is 11.6 Å². The highest BCUT2D eigenvalue weighted by atomic mass is 79.9. The lowest BCUT2D eigenvalue weighted by Crippen LogP contribution is -2.28. The van der Waals surface area contributed by atoms with Gasteiger partial charge in [-0.1, -0.05) is 0 Å². The normalized spacial score (nSPS) is 12.7. The lowest BCUT2D eigenvalue weighted by Gasteiger charge is -2.15. The average Bonchev–Trinajstić information content (AvgIpc) is 2.75. The van der Waals surface area contributed by atoms with E-state index in [0.29, 0.717) is 21.3 Å². The predicted molar refractivity (Wildman–Crippen MR) is 75.7 cm³/mol. The lowest BCUT2D eigenvalue weighted by atomic mass is 10.2. The zero-order valence-electron chi connectivity index (χ0n) is 10.4. The fourth-order valence-corrected chi connectivity index (χ4v) is 2.51. The molecule has 0 aliphatic rings. The highest BCUT2D eigenvalue weighted by Crippen LogP contribution is 2.27. The number of rotatable bonds is 3. The van der Waals surface area contributed by atoms with E-state index in [9.17, 15) is 9.18 Å². The molecule has 1 heterocycles. The summed E-state index contributed by atoms with van der Waals surface area (Å²) < 4.78 is 15.6. The van der Waals surface area contributed by atoms with E-state index in [-0.39, 0.29) is 11.8 Å². The fourth-order valence-electron chi connectivity index (χ4n) is 1.99. The number of carbonyl (C=O) groups is 1. The van der Waals surface area contributed by atoms with Gasteiger partial charge < -0.3 is 9.88 Å². The largest absolute Gasteiger partial charge is 0.357 e. The van der Waals surface area contributed by atoms with Gasteiger partial charge in [0.2, 0.25) is 5.91 Å². The quantitative estimate of drug-likeness (QED) is 0.867. The van der Waals surface area contributed by atoms with Gasteiger partial charge in [0, 0.05) is 13.1 Å². The second kappa shape index (κ2) is 5.46. The second-order valence-electron chi connectivity index (χ2n) is 4.08. The van der Waals surface area contributed by atoms with Crippen LogP contribution in [0, 0.1) is 5.82 Å². The monoisotopic (exact) mass is 347 g/mol. The molecule has 0 bridgehead atoms. The molecule has 0 fully saturated rings. The first-order valence-corrected chi connectivity index (χ1v) is 6.95. The first-order chi connectivity index (χ1) is 8.99. The number of alkyl halides is 1. The minimum absolute atomic E-state index is 0.148. The van der Waals surface area contributed by atoms with Crippen LogP contribution < -0.4 is 5.32 Å². The van der Waals surface area contributed by atoms with Crippen LogP contribution in [0.4, 0.5) is 4.39 Å². The molecule has 0 saturated carbocycles. The first kappa shape index (κ1) is 14.3. The molecule has 1 aromatic carbocycles. The van der Waals surface area contributed by atoms with Crippen molar-refractivity contribution >= 4 is 44.5 Å². The van der Waals surface area contributed by atoms with E-state index in [1.165, 1.54) is 6.07 Å². The van der Waals surface area contributed by atoms with Gasteiger partial charge in [0.25, 0.3) is 0 Å². The molecule has 7 heteroatoms. The first-order valence-electron chi connectivity index (χ1n) is 5.63. The molecule has 1 unspecified atom stereocenters. The molecular formula is C12H12BrClFN3O. The van der Waals surface area contributed by atoms with E-state index >= 15 is 0 Å². The van der Waals surface area contributed by atoms with Crippen molar-refractivity contribution in [3.8, 4) is 0 Å². The number of hydrogen-bond acceptors (Lipinski definition) is 2. The van der Waals surface area contributed by atoms with Crippen molar-refractivity contribution in [3.63, 3.8) is 0 Å². The van der Waals surface area contributed by atoms with Crippen molar-refractivity contribution in [2.24, 2.45) is 0 Å². The van der Waals surface area contributed by atoms with Crippen LogP contribution in [0.1, 0.15) is 18.8 Å². The Morgan fingerprint density at radius 2 is 2.32 bits per heavy atom. The van der Waals surface area contributed by atoms with Crippen LogP contribution in [0.15, 0.2) is 16.6 Å². The Morgan fingerprint density at radius 3 is 2.89 bits per heavy atom. The van der Waals surface area contributed by atoms with Gasteiger partial charge in [0.1, 0.15) is 17.7 Å². The van der Waals surface area contributed by atoms with Crippen LogP contribution in [-0.4, -0.2) is 22.5 Å². The van der Waals surface area contributed by atoms with Crippen LogP contribution in [-0.2, 0) is 10.7 Å². The number of amides is 1. The zero-order chi connectivity index (χ0) is 14.2. The Kier molecular flexibility index (Phi) is 4.10. The average molecular weight is 349 g/mol. The third kappa shape index (κ3) is 2.47. The fraction of sp³-hybridized carbons (Fsp3) is 0.333. The van der Waals surface area contributed by atoms with Crippen molar-refractivity contribution in [1.29, 1.82) is 0 Å². The van der Waals surface area contributed by atoms with Gasteiger partial charge >= 0.3 is 0 Å². The number of fused-ring (bicyclic) bond motifs is 1. The summed E-state index contributed by atoms with van der Waals surface area (Å²) in [4.78, 5) is 16.1. The van der Waals surface area contributed by atoms with Crippen LogP contribution in [0.25, 0.3) is 11.0 Å². The maximum absolute atomic E-state index is 13.7. The van der Waals surface area contributed by atoms with E-state index in [4.69, 9.17) is 11.6 Å². The van der Waals surface area contributed by atoms with Crippen LogP contribution >= 0.6 is 27.5 Å². The minimum atomic E-state index is -0.510. The smallest absolute Gasteiger partial charge is 0.242 e. The standard InChI is InChI=1S/C12H12BrClFN3O/c1-6(12(19)16-2)18-10-4-8(15)7(13)3-9(10)17-11(18)5-14/h3-4,6H,5H2,1-2H3,(H,16,19). The van der Waals surface area contributed by atoms with Crippen molar-refractivity contribution < 1.29 is 9.18 Å². The van der Waals surface area contributed by atoms with Crippen molar-refractivity contribution in [2.75, 3.05) is 7.05 Å². The highest BCUT2D eigenvalue weighted by molar-refractivity contribution is 9.10. The Labute approximate surface area is 123 Å². The number of benzene rings is 1. The van der Waals surface area contributed by atoms with Gasteiger partial charge in [0.15, 0.2) is 0 Å². The molecule has 0 radical (unpaired) electrons. The van der Waals surface area contributed by atoms with E-state index in [2.05, 4.69) is 26.2 Å². The number of imidazole rings is 1. The molecule has 0 aliphatic heterocycles. The summed E-state index contributed by atoms with van der Waals surface area (Å²) in [7, 11) is 1.55. The maximum atomic E-state index is 13.7. The molecule has 0 aliphatic carbocycles. The SMILES string of the molecule is CNC(=O)C(C)n1c(CCl)nc2cc(Br)c(F)cc21. The number of nitrogens with zero attached hydrogens (tertiary/aromatic N) is 2. The third-order valence-corrected chi connectivity index (χ3v) is 3.78. The van der Waals surface area contributed by atoms with Crippen LogP contribution in [0.5, 0.6) is 0 Å². The van der Waals surface area contributed by atoms with Crippen LogP contribution in [0.2, 0.25) is 0 Å². The molecule has 1 N–H and O–H groups in total. The van der Waals surface area contributed by atoms with Gasteiger partial charge in [-0.25, -0.2) is 9.37 Å². The molecule has 2 aromatic rings. The van der Waals surface area contributed by atoms with E-state index in [0.717, 1.165) is 0 Å². The Bertz CT molecular complexity index is 643. The van der Waals surface area contributed by atoms with E-state index in [1.54, 1.807) is 24.6 Å². The molecule has 19 heavy (non-hydrogen) atoms. The second-order valence-corrected chi connectivity index (χ2v) is 5.20. The molecule has 1 amide bonds. The van der Waals surface area contributed by atoms with Gasteiger partial charge in [-0.05, 0) is 28.9 Å². The highest BCUT2D eigenvalue weighted by Gasteiger charge is 2.21. The third-order valence-electron chi connectivity index (χ3n) is 2.94. The van der Waals surface area contributed by atoms with Gasteiger partial charge in [-0.2, -0.15) is 0 Å². The molecular weight excluding hydrogens is 337 g/mol. The molecule has 4 nitrogen and oxygen atoms in total. The summed E-state index contributed by atoms with van der Waals surface area (Å²) in [5.74, 6) is 0.0908. The van der Waals surface area contributed by atoms with E-state index < -0.39 is 11.9 Å². The summed E-state index contributed by atoms with van der Waals surface area (Å²) in [5.41, 5.74) is 1.15. The maximum Gasteiger partial charge on any atom is 0.242 e. The number of nitrogens with one attached hydrogen (secondary N) is 1. The molecule has 1 atom stereocenters. The van der Waals surface area contributed by atoms with E-state index in [1.807, 2.05) is 0 Å². The van der Waals surface area contributed by atoms with Gasteiger partial charge in [0.05, 0.1) is 21.4 Å². The zero-order valence-corrected chi connectivity index (χ0v) is 12.7. The van der Waals surface area contributed by atoms with Gasteiger partial charge in [-0.3, -0.25) is 4.79 Å². The number of carbonyl (C=O) groups excluding carboxylic acids is 1. The number of halogens is 3. The summed E-state index contributed by atoms with van der Waals surface area (Å²) >= 11 is 8.97. The Hall–Kier alpha value is -1.14. The van der Waals surface area contributed by atoms with Crippen molar-refractivity contribution in [3.05, 3.63) is 28.2 Å². The molecule has 0 saturated heterocycles.